The molecule has 78 valence electrons. The Hall–Kier alpha value is -0.723. The third kappa shape index (κ3) is 3.99. The van der Waals surface area contributed by atoms with Crippen LogP contribution in [-0.4, -0.2) is 15.2 Å². The summed E-state index contributed by atoms with van der Waals surface area (Å²) in [7, 11) is -2.02. The molecule has 0 aliphatic heterocycles. The number of rotatable bonds is 4. The van der Waals surface area contributed by atoms with Crippen molar-refractivity contribution in [1.82, 2.24) is 0 Å². The molecule has 0 fully saturated rings. The lowest BCUT2D eigenvalue weighted by Gasteiger charge is -2.26. The Morgan fingerprint density at radius 3 is 2.86 bits per heavy atom. The minimum Gasteiger partial charge on any atom is -0.524 e. The van der Waals surface area contributed by atoms with E-state index in [4.69, 9.17) is 15.3 Å². The summed E-state index contributed by atoms with van der Waals surface area (Å²) in [5, 5.41) is 0. The van der Waals surface area contributed by atoms with Crippen molar-refractivity contribution in [1.29, 1.82) is 0 Å². The molecule has 1 aliphatic carbocycles. The molecule has 0 saturated carbocycles. The van der Waals surface area contributed by atoms with Gasteiger partial charge in [-0.1, -0.05) is 5.92 Å². The van der Waals surface area contributed by atoms with Gasteiger partial charge in [0.25, 0.3) is 0 Å². The Balaban J connectivity index is 2.41. The van der Waals surface area contributed by atoms with E-state index >= 15 is 0 Å². The summed E-state index contributed by atoms with van der Waals surface area (Å²) < 4.78 is 11.4. The molecule has 0 spiro atoms. The molecule has 1 aliphatic rings. The van der Waals surface area contributed by atoms with Gasteiger partial charge in [0.2, 0.25) is 0 Å². The summed E-state index contributed by atoms with van der Waals surface area (Å²) in [6.07, 6.45) is 12.0. The third-order valence-electron chi connectivity index (χ3n) is 2.13. The first kappa shape index (κ1) is 11.4. The minimum atomic E-state index is -2.02. The maximum absolute atomic E-state index is 5.86. The van der Waals surface area contributed by atoms with Gasteiger partial charge in [-0.3, -0.25) is 0 Å². The molecular formula is C11H18O2Si. The standard InChI is InChI=1S/C11H18O2Si/c1-4-10-12-14(2,3)13-11-8-6-5-7-9-11/h1,8H,5-7,9-10H2,2-3H3. The Morgan fingerprint density at radius 2 is 2.29 bits per heavy atom. The molecule has 0 heterocycles. The average Bonchev–Trinajstić information content (AvgIpc) is 2.16. The van der Waals surface area contributed by atoms with E-state index in [9.17, 15) is 0 Å². The van der Waals surface area contributed by atoms with E-state index in [1.54, 1.807) is 0 Å². The topological polar surface area (TPSA) is 18.5 Å². The molecule has 0 atom stereocenters. The fourth-order valence-corrected chi connectivity index (χ4v) is 2.77. The molecule has 0 aromatic carbocycles. The molecular weight excluding hydrogens is 192 g/mol. The maximum atomic E-state index is 5.86. The quantitative estimate of drug-likeness (QED) is 0.525. The van der Waals surface area contributed by atoms with Gasteiger partial charge in [-0.15, -0.1) is 6.42 Å². The lowest BCUT2D eigenvalue weighted by molar-refractivity contribution is 0.234. The lowest BCUT2D eigenvalue weighted by atomic mass is 10.1. The van der Waals surface area contributed by atoms with Crippen molar-refractivity contribution in [3.63, 3.8) is 0 Å². The highest BCUT2D eigenvalue weighted by Crippen LogP contribution is 2.22. The molecule has 0 aromatic rings. The maximum Gasteiger partial charge on any atom is 0.392 e. The van der Waals surface area contributed by atoms with Crippen LogP contribution in [0.15, 0.2) is 11.8 Å². The van der Waals surface area contributed by atoms with Crippen molar-refractivity contribution in [2.45, 2.75) is 38.8 Å². The van der Waals surface area contributed by atoms with Crippen LogP contribution in [0.5, 0.6) is 0 Å². The molecule has 0 radical (unpaired) electrons. The number of hydrogen-bond acceptors (Lipinski definition) is 2. The van der Waals surface area contributed by atoms with Crippen LogP contribution >= 0.6 is 0 Å². The molecule has 1 rings (SSSR count). The van der Waals surface area contributed by atoms with Crippen LogP contribution in [0.4, 0.5) is 0 Å². The summed E-state index contributed by atoms with van der Waals surface area (Å²) in [6, 6.07) is 0. The van der Waals surface area contributed by atoms with E-state index in [-0.39, 0.29) is 0 Å². The molecule has 0 N–H and O–H groups in total. The van der Waals surface area contributed by atoms with E-state index in [0.29, 0.717) is 6.61 Å². The smallest absolute Gasteiger partial charge is 0.392 e. The lowest BCUT2D eigenvalue weighted by Crippen LogP contribution is -2.34. The number of allylic oxidation sites excluding steroid dienone is 2. The summed E-state index contributed by atoms with van der Waals surface area (Å²) in [5.74, 6) is 3.58. The second-order valence-corrected chi connectivity index (χ2v) is 7.20. The van der Waals surface area contributed by atoms with E-state index < -0.39 is 8.56 Å². The van der Waals surface area contributed by atoms with Gasteiger partial charge in [0.05, 0.1) is 12.4 Å². The Kier molecular flexibility index (Phi) is 4.24. The van der Waals surface area contributed by atoms with Crippen molar-refractivity contribution in [3.05, 3.63) is 11.8 Å². The Morgan fingerprint density at radius 1 is 1.50 bits per heavy atom. The van der Waals surface area contributed by atoms with Gasteiger partial charge in [0, 0.05) is 6.42 Å². The largest absolute Gasteiger partial charge is 0.524 e. The zero-order valence-electron chi connectivity index (χ0n) is 9.01. The highest BCUT2D eigenvalue weighted by Gasteiger charge is 2.27. The number of terminal acetylenes is 1. The first-order valence-electron chi connectivity index (χ1n) is 5.09. The zero-order chi connectivity index (χ0) is 10.4. The van der Waals surface area contributed by atoms with Crippen molar-refractivity contribution in [3.8, 4) is 12.3 Å². The highest BCUT2D eigenvalue weighted by atomic mass is 28.4. The Labute approximate surface area is 87.5 Å². The third-order valence-corrected chi connectivity index (χ3v) is 3.72. The van der Waals surface area contributed by atoms with Crippen molar-refractivity contribution in [2.75, 3.05) is 6.61 Å². The van der Waals surface area contributed by atoms with Crippen LogP contribution < -0.4 is 0 Å². The summed E-state index contributed by atoms with van der Waals surface area (Å²) in [6.45, 7) is 4.41. The molecule has 0 saturated heterocycles. The predicted molar refractivity (Wildman–Crippen MR) is 59.9 cm³/mol. The first-order chi connectivity index (χ1) is 6.64. The van der Waals surface area contributed by atoms with E-state index in [2.05, 4.69) is 12.0 Å². The van der Waals surface area contributed by atoms with E-state index in [1.165, 1.54) is 12.8 Å². The summed E-state index contributed by atoms with van der Waals surface area (Å²) >= 11 is 0. The van der Waals surface area contributed by atoms with Crippen molar-refractivity contribution >= 4 is 8.56 Å². The number of hydrogen-bond donors (Lipinski definition) is 0. The fourth-order valence-electron chi connectivity index (χ4n) is 1.46. The molecule has 0 amide bonds. The monoisotopic (exact) mass is 210 g/mol. The molecule has 0 aromatic heterocycles. The van der Waals surface area contributed by atoms with Gasteiger partial charge >= 0.3 is 8.56 Å². The SMILES string of the molecule is C#CCO[Si](C)(C)OC1=CCCCC1. The molecule has 2 nitrogen and oxygen atoms in total. The van der Waals surface area contributed by atoms with Crippen molar-refractivity contribution < 1.29 is 8.85 Å². The van der Waals surface area contributed by atoms with Crippen LogP contribution in [0, 0.1) is 12.3 Å². The van der Waals surface area contributed by atoms with Crippen LogP contribution in [0.2, 0.25) is 13.1 Å². The van der Waals surface area contributed by atoms with Gasteiger partial charge in [-0.05, 0) is 38.4 Å². The van der Waals surface area contributed by atoms with Crippen LogP contribution in [0.3, 0.4) is 0 Å². The molecule has 3 heteroatoms. The van der Waals surface area contributed by atoms with E-state index in [1.807, 2.05) is 13.1 Å². The van der Waals surface area contributed by atoms with Crippen LogP contribution in [0.1, 0.15) is 25.7 Å². The second kappa shape index (κ2) is 5.23. The Bertz CT molecular complexity index is 251. The van der Waals surface area contributed by atoms with Crippen molar-refractivity contribution in [2.24, 2.45) is 0 Å². The minimum absolute atomic E-state index is 0.354. The van der Waals surface area contributed by atoms with Gasteiger partial charge in [0.1, 0.15) is 0 Å². The van der Waals surface area contributed by atoms with Crippen LogP contribution in [0.25, 0.3) is 0 Å². The highest BCUT2D eigenvalue weighted by molar-refractivity contribution is 6.64. The molecule has 0 unspecified atom stereocenters. The predicted octanol–water partition coefficient (Wildman–Crippen LogP) is 2.81. The van der Waals surface area contributed by atoms with Gasteiger partial charge in [-0.2, -0.15) is 0 Å². The van der Waals surface area contributed by atoms with Gasteiger partial charge < -0.3 is 8.85 Å². The summed E-state index contributed by atoms with van der Waals surface area (Å²) in [4.78, 5) is 0. The van der Waals surface area contributed by atoms with Gasteiger partial charge in [0.15, 0.2) is 0 Å². The average molecular weight is 210 g/mol. The summed E-state index contributed by atoms with van der Waals surface area (Å²) in [5.41, 5.74) is 0. The fraction of sp³-hybridized carbons (Fsp3) is 0.636. The zero-order valence-corrected chi connectivity index (χ0v) is 10.0. The van der Waals surface area contributed by atoms with Crippen LogP contribution in [-0.2, 0) is 8.85 Å². The normalized spacial score (nSPS) is 17.1. The molecule has 14 heavy (non-hydrogen) atoms. The van der Waals surface area contributed by atoms with E-state index in [0.717, 1.165) is 18.6 Å². The molecule has 0 bridgehead atoms. The first-order valence-corrected chi connectivity index (χ1v) is 7.91. The second-order valence-electron chi connectivity index (χ2n) is 3.91. The van der Waals surface area contributed by atoms with Gasteiger partial charge in [-0.25, -0.2) is 0 Å².